The highest BCUT2D eigenvalue weighted by Gasteiger charge is 2.36. The lowest BCUT2D eigenvalue weighted by Gasteiger charge is -2.34. The Hall–Kier alpha value is -1.22. The van der Waals surface area contributed by atoms with Crippen molar-refractivity contribution >= 4 is 0 Å². The quantitative estimate of drug-likeness (QED) is 0.892. The van der Waals surface area contributed by atoms with Gasteiger partial charge >= 0.3 is 0 Å². The van der Waals surface area contributed by atoms with Gasteiger partial charge in [0.15, 0.2) is 11.5 Å². The maximum atomic E-state index is 5.48. The molecule has 1 aromatic carbocycles. The Morgan fingerprint density at radius 1 is 1.05 bits per heavy atom. The van der Waals surface area contributed by atoms with Crippen LogP contribution in [-0.4, -0.2) is 26.3 Å². The molecule has 1 aromatic rings. The van der Waals surface area contributed by atoms with Gasteiger partial charge in [0, 0.05) is 17.5 Å². The zero-order chi connectivity index (χ0) is 15.5. The van der Waals surface area contributed by atoms with Crippen molar-refractivity contribution in [1.82, 2.24) is 5.32 Å². The van der Waals surface area contributed by atoms with Gasteiger partial charge in [0.25, 0.3) is 0 Å². The standard InChI is InChI=1S/C18H29NO2/c1-17(2,3)19-13-18(10-6-7-11-18)14-8-9-15(20-4)16(12-14)21-5/h8-9,12,19H,6-7,10-11,13H2,1-5H3. The van der Waals surface area contributed by atoms with Crippen molar-refractivity contribution in [2.45, 2.75) is 57.4 Å². The largest absolute Gasteiger partial charge is 0.493 e. The summed E-state index contributed by atoms with van der Waals surface area (Å²) in [5, 5.41) is 3.70. The van der Waals surface area contributed by atoms with Gasteiger partial charge in [-0.1, -0.05) is 18.9 Å². The summed E-state index contributed by atoms with van der Waals surface area (Å²) in [6.45, 7) is 7.70. The van der Waals surface area contributed by atoms with E-state index in [1.807, 2.05) is 6.07 Å². The molecule has 0 heterocycles. The van der Waals surface area contributed by atoms with Gasteiger partial charge in [-0.05, 0) is 51.3 Å². The van der Waals surface area contributed by atoms with Crippen LogP contribution in [0.3, 0.4) is 0 Å². The number of benzene rings is 1. The molecule has 1 fully saturated rings. The van der Waals surface area contributed by atoms with E-state index in [2.05, 4.69) is 38.2 Å². The predicted molar refractivity (Wildman–Crippen MR) is 87.4 cm³/mol. The van der Waals surface area contributed by atoms with Gasteiger partial charge in [-0.2, -0.15) is 0 Å². The Morgan fingerprint density at radius 3 is 2.19 bits per heavy atom. The number of hydrogen-bond acceptors (Lipinski definition) is 3. The van der Waals surface area contributed by atoms with Crippen LogP contribution in [-0.2, 0) is 5.41 Å². The van der Waals surface area contributed by atoms with E-state index in [-0.39, 0.29) is 11.0 Å². The van der Waals surface area contributed by atoms with Crippen LogP contribution in [0, 0.1) is 0 Å². The summed E-state index contributed by atoms with van der Waals surface area (Å²) >= 11 is 0. The molecule has 0 saturated heterocycles. The summed E-state index contributed by atoms with van der Waals surface area (Å²) in [5.74, 6) is 1.63. The second-order valence-corrected chi connectivity index (χ2v) is 7.16. The van der Waals surface area contributed by atoms with Crippen molar-refractivity contribution in [2.24, 2.45) is 0 Å². The molecule has 21 heavy (non-hydrogen) atoms. The number of nitrogens with one attached hydrogen (secondary N) is 1. The van der Waals surface area contributed by atoms with E-state index in [9.17, 15) is 0 Å². The van der Waals surface area contributed by atoms with E-state index in [0.717, 1.165) is 18.0 Å². The SMILES string of the molecule is COc1ccc(C2(CNC(C)(C)C)CCCC2)cc1OC. The topological polar surface area (TPSA) is 30.5 Å². The molecule has 3 heteroatoms. The Bertz CT molecular complexity index is 471. The third-order valence-electron chi connectivity index (χ3n) is 4.51. The first-order valence-electron chi connectivity index (χ1n) is 7.88. The molecule has 0 bridgehead atoms. The third-order valence-corrected chi connectivity index (χ3v) is 4.51. The van der Waals surface area contributed by atoms with Crippen LogP contribution in [0.4, 0.5) is 0 Å². The molecule has 1 aliphatic rings. The average Bonchev–Trinajstić information content (AvgIpc) is 2.94. The molecule has 0 aliphatic heterocycles. The summed E-state index contributed by atoms with van der Waals surface area (Å²) in [4.78, 5) is 0. The van der Waals surface area contributed by atoms with E-state index in [1.165, 1.54) is 31.2 Å². The van der Waals surface area contributed by atoms with Crippen molar-refractivity contribution in [3.63, 3.8) is 0 Å². The molecule has 0 radical (unpaired) electrons. The van der Waals surface area contributed by atoms with Gasteiger partial charge in [-0.25, -0.2) is 0 Å². The molecule has 0 atom stereocenters. The molecular formula is C18H29NO2. The van der Waals surface area contributed by atoms with Gasteiger partial charge in [0.2, 0.25) is 0 Å². The van der Waals surface area contributed by atoms with Crippen LogP contribution in [0.2, 0.25) is 0 Å². The summed E-state index contributed by atoms with van der Waals surface area (Å²) in [6.07, 6.45) is 5.09. The van der Waals surface area contributed by atoms with Crippen LogP contribution >= 0.6 is 0 Å². The van der Waals surface area contributed by atoms with Crippen molar-refractivity contribution in [2.75, 3.05) is 20.8 Å². The first-order chi connectivity index (χ1) is 9.90. The van der Waals surface area contributed by atoms with Crippen LogP contribution in [0.5, 0.6) is 11.5 Å². The lowest BCUT2D eigenvalue weighted by Crippen LogP contribution is -2.45. The monoisotopic (exact) mass is 291 g/mol. The molecule has 0 unspecified atom stereocenters. The molecule has 0 spiro atoms. The molecule has 0 aromatic heterocycles. The van der Waals surface area contributed by atoms with Crippen molar-refractivity contribution in [3.05, 3.63) is 23.8 Å². The van der Waals surface area contributed by atoms with E-state index in [4.69, 9.17) is 9.47 Å². The molecule has 1 saturated carbocycles. The zero-order valence-corrected chi connectivity index (χ0v) is 14.1. The van der Waals surface area contributed by atoms with Gasteiger partial charge < -0.3 is 14.8 Å². The second kappa shape index (κ2) is 6.27. The first kappa shape index (κ1) is 16.2. The van der Waals surface area contributed by atoms with E-state index in [1.54, 1.807) is 14.2 Å². The normalized spacial score (nSPS) is 17.8. The van der Waals surface area contributed by atoms with Crippen molar-refractivity contribution in [3.8, 4) is 11.5 Å². The number of methoxy groups -OCH3 is 2. The highest BCUT2D eigenvalue weighted by atomic mass is 16.5. The lowest BCUT2D eigenvalue weighted by molar-refractivity contribution is 0.328. The summed E-state index contributed by atoms with van der Waals surface area (Å²) in [5.41, 5.74) is 1.74. The van der Waals surface area contributed by atoms with Gasteiger partial charge in [-0.3, -0.25) is 0 Å². The molecule has 2 rings (SSSR count). The zero-order valence-electron chi connectivity index (χ0n) is 14.1. The Balaban J connectivity index is 2.29. The Kier molecular flexibility index (Phi) is 4.82. The Morgan fingerprint density at radius 2 is 1.67 bits per heavy atom. The number of rotatable bonds is 5. The van der Waals surface area contributed by atoms with E-state index >= 15 is 0 Å². The second-order valence-electron chi connectivity index (χ2n) is 7.16. The number of ether oxygens (including phenoxy) is 2. The van der Waals surface area contributed by atoms with Gasteiger partial charge in [-0.15, -0.1) is 0 Å². The minimum absolute atomic E-state index is 0.145. The highest BCUT2D eigenvalue weighted by molar-refractivity contribution is 5.45. The van der Waals surface area contributed by atoms with Crippen LogP contribution in [0.25, 0.3) is 0 Å². The summed E-state index contributed by atoms with van der Waals surface area (Å²) in [7, 11) is 3.39. The summed E-state index contributed by atoms with van der Waals surface area (Å²) < 4.78 is 10.8. The van der Waals surface area contributed by atoms with Gasteiger partial charge in [0.1, 0.15) is 0 Å². The fourth-order valence-electron chi connectivity index (χ4n) is 3.22. The smallest absolute Gasteiger partial charge is 0.161 e. The maximum absolute atomic E-state index is 5.48. The van der Waals surface area contributed by atoms with E-state index < -0.39 is 0 Å². The number of hydrogen-bond donors (Lipinski definition) is 1. The molecule has 3 nitrogen and oxygen atoms in total. The summed E-state index contributed by atoms with van der Waals surface area (Å²) in [6, 6.07) is 6.40. The maximum Gasteiger partial charge on any atom is 0.161 e. The lowest BCUT2D eigenvalue weighted by atomic mass is 9.78. The third kappa shape index (κ3) is 3.70. The Labute approximate surface area is 129 Å². The van der Waals surface area contributed by atoms with Gasteiger partial charge in [0.05, 0.1) is 14.2 Å². The minimum Gasteiger partial charge on any atom is -0.493 e. The van der Waals surface area contributed by atoms with Crippen molar-refractivity contribution < 1.29 is 9.47 Å². The van der Waals surface area contributed by atoms with Crippen molar-refractivity contribution in [1.29, 1.82) is 0 Å². The molecule has 0 amide bonds. The van der Waals surface area contributed by atoms with Crippen LogP contribution in [0.1, 0.15) is 52.0 Å². The fourth-order valence-corrected chi connectivity index (χ4v) is 3.22. The minimum atomic E-state index is 0.145. The first-order valence-corrected chi connectivity index (χ1v) is 7.88. The highest BCUT2D eigenvalue weighted by Crippen LogP contribution is 2.43. The fraction of sp³-hybridized carbons (Fsp3) is 0.667. The predicted octanol–water partition coefficient (Wildman–Crippen LogP) is 3.90. The molecule has 1 N–H and O–H groups in total. The van der Waals surface area contributed by atoms with Crippen LogP contribution < -0.4 is 14.8 Å². The van der Waals surface area contributed by atoms with E-state index in [0.29, 0.717) is 0 Å². The molecule has 118 valence electrons. The molecular weight excluding hydrogens is 262 g/mol. The van der Waals surface area contributed by atoms with Crippen LogP contribution in [0.15, 0.2) is 18.2 Å². The molecule has 1 aliphatic carbocycles. The average molecular weight is 291 g/mol.